The van der Waals surface area contributed by atoms with E-state index < -0.39 is 6.04 Å². The fraction of sp³-hybridized carbons (Fsp3) is 0.281. The third-order valence-corrected chi connectivity index (χ3v) is 8.74. The first-order valence-corrected chi connectivity index (χ1v) is 14.7. The number of halogens is 1. The number of nitrogens with zero attached hydrogens (tertiary/aromatic N) is 4. The number of aromatic nitrogens is 2. The molecule has 0 saturated heterocycles. The van der Waals surface area contributed by atoms with Crippen molar-refractivity contribution in [1.82, 2.24) is 14.0 Å². The maximum Gasteiger partial charge on any atom is 0.271 e. The van der Waals surface area contributed by atoms with Crippen molar-refractivity contribution < 1.29 is 4.79 Å². The summed E-state index contributed by atoms with van der Waals surface area (Å²) in [5.41, 5.74) is 7.19. The van der Waals surface area contributed by atoms with E-state index in [0.29, 0.717) is 38.7 Å². The molecule has 0 radical (unpaired) electrons. The number of rotatable bonds is 6. The number of thiazole rings is 1. The highest BCUT2D eigenvalue weighted by atomic mass is 35.5. The molecule has 0 fully saturated rings. The molecule has 3 heterocycles. The van der Waals surface area contributed by atoms with Crippen molar-refractivity contribution in [1.29, 1.82) is 0 Å². The Morgan fingerprint density at radius 1 is 1.05 bits per heavy atom. The number of carbonyl (C=O) groups is 1. The summed E-state index contributed by atoms with van der Waals surface area (Å²) >= 11 is 7.55. The van der Waals surface area contributed by atoms with Gasteiger partial charge in [0.15, 0.2) is 4.80 Å². The summed E-state index contributed by atoms with van der Waals surface area (Å²) in [6.07, 6.45) is 1.95. The first-order valence-electron chi connectivity index (χ1n) is 13.5. The molecule has 2 aromatic heterocycles. The second kappa shape index (κ2) is 11.1. The normalized spacial score (nSPS) is 15.3. The number of hydrogen-bond acceptors (Lipinski definition) is 4. The molecule has 1 amide bonds. The standard InChI is InChI=1S/C32H33ClN4O2S/c1-7-35(8-2)31(39)28-21(5)34-32-37(29(28)23-12-14-25(33)15-13-23)30(38)27(40-32)18-24-17-20(4)36(22(24)6)26-11-9-10-19(3)16-26/h9-18,29H,7-8H2,1-6H3/b27-18-/t29-/m0/s1. The summed E-state index contributed by atoms with van der Waals surface area (Å²) in [4.78, 5) is 34.9. The van der Waals surface area contributed by atoms with E-state index in [2.05, 4.69) is 55.7 Å². The van der Waals surface area contributed by atoms with Crippen molar-refractivity contribution in [3.63, 3.8) is 0 Å². The SMILES string of the molecule is CCN(CC)C(=O)C1=C(C)N=c2s/c(=C\c3cc(C)n(-c4cccc(C)c4)c3C)c(=O)n2[C@H]1c1ccc(Cl)cc1. The number of aryl methyl sites for hydroxylation is 2. The Morgan fingerprint density at radius 2 is 1.75 bits per heavy atom. The van der Waals surface area contributed by atoms with Crippen molar-refractivity contribution in [2.24, 2.45) is 4.99 Å². The maximum atomic E-state index is 14.1. The Hall–Kier alpha value is -3.68. The van der Waals surface area contributed by atoms with Crippen molar-refractivity contribution in [2.45, 2.75) is 47.6 Å². The van der Waals surface area contributed by atoms with E-state index in [1.54, 1.807) is 21.6 Å². The number of fused-ring (bicyclic) bond motifs is 1. The summed E-state index contributed by atoms with van der Waals surface area (Å²) in [7, 11) is 0. The maximum absolute atomic E-state index is 14.1. The summed E-state index contributed by atoms with van der Waals surface area (Å²) in [6.45, 7) is 13.1. The van der Waals surface area contributed by atoms with Crippen LogP contribution in [-0.2, 0) is 4.79 Å². The van der Waals surface area contributed by atoms with Crippen LogP contribution in [0.25, 0.3) is 11.8 Å². The van der Waals surface area contributed by atoms with Gasteiger partial charge in [0.1, 0.15) is 0 Å². The lowest BCUT2D eigenvalue weighted by Crippen LogP contribution is -2.43. The van der Waals surface area contributed by atoms with E-state index in [9.17, 15) is 9.59 Å². The van der Waals surface area contributed by atoms with Crippen molar-refractivity contribution in [3.8, 4) is 5.69 Å². The quantitative estimate of drug-likeness (QED) is 0.307. The fourth-order valence-electron chi connectivity index (χ4n) is 5.48. The number of amides is 1. The van der Waals surface area contributed by atoms with Crippen LogP contribution in [0, 0.1) is 20.8 Å². The Balaban J connectivity index is 1.70. The molecule has 2 aromatic carbocycles. The minimum Gasteiger partial charge on any atom is -0.339 e. The highest BCUT2D eigenvalue weighted by Gasteiger charge is 2.34. The number of likely N-dealkylation sites (N-methyl/N-ethyl adjacent to an activating group) is 1. The summed E-state index contributed by atoms with van der Waals surface area (Å²) in [5, 5.41) is 0.595. The van der Waals surface area contributed by atoms with E-state index in [-0.39, 0.29) is 11.5 Å². The van der Waals surface area contributed by atoms with Gasteiger partial charge in [0, 0.05) is 35.2 Å². The van der Waals surface area contributed by atoms with Gasteiger partial charge in [-0.1, -0.05) is 47.2 Å². The molecule has 0 bridgehead atoms. The molecule has 1 atom stereocenters. The molecule has 40 heavy (non-hydrogen) atoms. The Bertz CT molecular complexity index is 1820. The van der Waals surface area contributed by atoms with E-state index in [4.69, 9.17) is 16.6 Å². The molecule has 0 N–H and O–H groups in total. The zero-order valence-corrected chi connectivity index (χ0v) is 25.2. The molecule has 4 aromatic rings. The Morgan fingerprint density at radius 3 is 2.40 bits per heavy atom. The molecule has 0 aliphatic carbocycles. The molecule has 1 aliphatic heterocycles. The van der Waals surface area contributed by atoms with Gasteiger partial charge in [-0.15, -0.1) is 0 Å². The van der Waals surface area contributed by atoms with Gasteiger partial charge in [-0.3, -0.25) is 14.2 Å². The molecule has 0 saturated carbocycles. The van der Waals surface area contributed by atoms with Crippen LogP contribution >= 0.6 is 22.9 Å². The zero-order valence-electron chi connectivity index (χ0n) is 23.7. The van der Waals surface area contributed by atoms with Crippen LogP contribution < -0.4 is 14.9 Å². The van der Waals surface area contributed by atoms with Crippen LogP contribution in [-0.4, -0.2) is 33.0 Å². The first-order chi connectivity index (χ1) is 19.1. The monoisotopic (exact) mass is 572 g/mol. The molecule has 6 nitrogen and oxygen atoms in total. The van der Waals surface area contributed by atoms with Gasteiger partial charge in [0.05, 0.1) is 21.8 Å². The lowest BCUT2D eigenvalue weighted by Gasteiger charge is -2.29. The van der Waals surface area contributed by atoms with Crippen LogP contribution in [0.3, 0.4) is 0 Å². The second-order valence-electron chi connectivity index (χ2n) is 10.1. The average molecular weight is 573 g/mol. The summed E-state index contributed by atoms with van der Waals surface area (Å²) < 4.78 is 4.45. The molecule has 1 aliphatic rings. The van der Waals surface area contributed by atoms with Gasteiger partial charge in [-0.25, -0.2) is 4.99 Å². The lowest BCUT2D eigenvalue weighted by atomic mass is 9.94. The minimum absolute atomic E-state index is 0.109. The molecule has 0 unspecified atom stereocenters. The van der Waals surface area contributed by atoms with Crippen LogP contribution in [0.4, 0.5) is 0 Å². The predicted molar refractivity (Wildman–Crippen MR) is 163 cm³/mol. The summed E-state index contributed by atoms with van der Waals surface area (Å²) in [5.74, 6) is -0.109. The topological polar surface area (TPSA) is 59.6 Å². The zero-order chi connectivity index (χ0) is 28.7. The van der Waals surface area contributed by atoms with Crippen molar-refractivity contribution in [2.75, 3.05) is 13.1 Å². The third kappa shape index (κ3) is 4.88. The van der Waals surface area contributed by atoms with Crippen LogP contribution in [0.2, 0.25) is 5.02 Å². The second-order valence-corrected chi connectivity index (χ2v) is 11.6. The van der Waals surface area contributed by atoms with Gasteiger partial charge >= 0.3 is 0 Å². The predicted octanol–water partition coefficient (Wildman–Crippen LogP) is 5.47. The Kier molecular flexibility index (Phi) is 7.71. The van der Waals surface area contributed by atoms with Crippen LogP contribution in [0.15, 0.2) is 75.7 Å². The van der Waals surface area contributed by atoms with E-state index in [1.807, 2.05) is 39.0 Å². The van der Waals surface area contributed by atoms with Gasteiger partial charge in [0.2, 0.25) is 0 Å². The van der Waals surface area contributed by atoms with Crippen molar-refractivity contribution >= 4 is 34.9 Å². The highest BCUT2D eigenvalue weighted by Crippen LogP contribution is 2.32. The van der Waals surface area contributed by atoms with Gasteiger partial charge in [-0.05, 0) is 94.6 Å². The number of allylic oxidation sites excluding steroid dienone is 1. The molecule has 8 heteroatoms. The van der Waals surface area contributed by atoms with Crippen LogP contribution in [0.1, 0.15) is 54.9 Å². The number of benzene rings is 2. The number of carbonyl (C=O) groups excluding carboxylic acids is 1. The highest BCUT2D eigenvalue weighted by molar-refractivity contribution is 7.07. The molecule has 0 spiro atoms. The van der Waals surface area contributed by atoms with Gasteiger partial charge in [-0.2, -0.15) is 0 Å². The fourth-order valence-corrected chi connectivity index (χ4v) is 6.64. The van der Waals surface area contributed by atoms with E-state index in [0.717, 1.165) is 28.2 Å². The summed E-state index contributed by atoms with van der Waals surface area (Å²) in [6, 6.07) is 17.2. The molecular formula is C32H33ClN4O2S. The van der Waals surface area contributed by atoms with E-state index >= 15 is 0 Å². The molecule has 5 rings (SSSR count). The van der Waals surface area contributed by atoms with Gasteiger partial charge < -0.3 is 9.47 Å². The van der Waals surface area contributed by atoms with Crippen LogP contribution in [0.5, 0.6) is 0 Å². The Labute approximate surface area is 243 Å². The smallest absolute Gasteiger partial charge is 0.271 e. The first kappa shape index (κ1) is 27.9. The molecule has 206 valence electrons. The van der Waals surface area contributed by atoms with Gasteiger partial charge in [0.25, 0.3) is 11.5 Å². The molecular weight excluding hydrogens is 540 g/mol. The number of hydrogen-bond donors (Lipinski definition) is 0. The minimum atomic E-state index is -0.594. The van der Waals surface area contributed by atoms with Crippen molar-refractivity contribution in [3.05, 3.63) is 119 Å². The average Bonchev–Trinajstić information content (AvgIpc) is 3.38. The van der Waals surface area contributed by atoms with E-state index in [1.165, 1.54) is 16.9 Å². The lowest BCUT2D eigenvalue weighted by molar-refractivity contribution is -0.127. The largest absolute Gasteiger partial charge is 0.339 e. The third-order valence-electron chi connectivity index (χ3n) is 7.51.